The minimum absolute atomic E-state index is 0.0135. The first-order valence-electron chi connectivity index (χ1n) is 33.1. The highest BCUT2D eigenvalue weighted by Crippen LogP contribution is 2.28. The average Bonchev–Trinajstić information content (AvgIpc) is 1.64. The Hall–Kier alpha value is -11.4. The van der Waals surface area contributed by atoms with Gasteiger partial charge in [-0.1, -0.05) is 153 Å². The van der Waals surface area contributed by atoms with Gasteiger partial charge in [0.2, 0.25) is 23.6 Å². The van der Waals surface area contributed by atoms with E-state index in [1.807, 2.05) is 110 Å². The molecule has 0 aliphatic heterocycles. The Morgan fingerprint density at radius 1 is 0.402 bits per heavy atom. The number of aryl methyl sites for hydroxylation is 7. The number of aromatic nitrogens is 5. The molecular formula is C78H95BrN10O18. The third-order valence-electron chi connectivity index (χ3n) is 15.5. The number of Topliss-reactive ketones (excluding diaryl/α,β-unsaturated/α-hetero) is 2. The molecule has 0 aliphatic rings. The van der Waals surface area contributed by atoms with Crippen molar-refractivity contribution in [2.75, 3.05) is 62.1 Å². The van der Waals surface area contributed by atoms with Crippen LogP contribution in [0.5, 0.6) is 0 Å². The maximum Gasteiger partial charge on any atom is 0.335 e. The molecule has 9 aromatic rings. The zero-order valence-corrected chi connectivity index (χ0v) is 64.1. The molecule has 4 aromatic carbocycles. The van der Waals surface area contributed by atoms with Gasteiger partial charge in [0.1, 0.15) is 17.1 Å². The number of imidazole rings is 2. The van der Waals surface area contributed by atoms with Gasteiger partial charge in [-0.3, -0.25) is 28.8 Å². The van der Waals surface area contributed by atoms with E-state index in [1.165, 1.54) is 20.9 Å². The number of aliphatic carboxylic acids is 4. The molecule has 4 amide bonds. The normalized spacial score (nSPS) is 11.7. The third kappa shape index (κ3) is 29.6. The number of amides is 4. The number of anilines is 1. The molecule has 5 heterocycles. The number of ketones is 2. The molecule has 5 aromatic heterocycles. The van der Waals surface area contributed by atoms with Crippen LogP contribution in [0.25, 0.3) is 33.8 Å². The number of carbonyl (C=O) groups excluding carboxylic acids is 6. The van der Waals surface area contributed by atoms with E-state index in [0.717, 1.165) is 73.0 Å². The summed E-state index contributed by atoms with van der Waals surface area (Å²) in [5.74, 6) is -6.46. The number of aliphatic hydroxyl groups excluding tert-OH is 4. The van der Waals surface area contributed by atoms with E-state index < -0.39 is 53.1 Å². The van der Waals surface area contributed by atoms with Crippen molar-refractivity contribution >= 4 is 92.1 Å². The fourth-order valence-electron chi connectivity index (χ4n) is 8.90. The molecule has 10 N–H and O–H groups in total. The quantitative estimate of drug-likeness (QED) is 0.0261. The predicted octanol–water partition coefficient (Wildman–Crippen LogP) is 7.69. The van der Waals surface area contributed by atoms with Crippen LogP contribution in [0.15, 0.2) is 152 Å². The summed E-state index contributed by atoms with van der Waals surface area (Å²) in [6.07, 6.45) is -1.84. The average molecular weight is 1540 g/mol. The van der Waals surface area contributed by atoms with Crippen molar-refractivity contribution in [2.45, 2.75) is 110 Å². The molecule has 9 rings (SSSR count). The molecule has 0 saturated carbocycles. The number of hydrogen-bond acceptors (Lipinski definition) is 18. The van der Waals surface area contributed by atoms with E-state index >= 15 is 0 Å². The largest absolute Gasteiger partial charge is 0.479 e. The molecule has 107 heavy (non-hydrogen) atoms. The summed E-state index contributed by atoms with van der Waals surface area (Å²) in [7, 11) is 13.9. The van der Waals surface area contributed by atoms with Crippen LogP contribution >= 0.6 is 15.9 Å². The van der Waals surface area contributed by atoms with Crippen LogP contribution in [0.3, 0.4) is 0 Å². The molecule has 5 unspecified atom stereocenters. The summed E-state index contributed by atoms with van der Waals surface area (Å²) in [5, 5.41) is 65.1. The van der Waals surface area contributed by atoms with E-state index in [9.17, 15) is 47.9 Å². The lowest BCUT2D eigenvalue weighted by Crippen LogP contribution is -2.39. The van der Waals surface area contributed by atoms with Crippen LogP contribution in [0.1, 0.15) is 90.3 Å². The lowest BCUT2D eigenvalue weighted by Gasteiger charge is -2.13. The second-order valence-corrected chi connectivity index (χ2v) is 26.6. The van der Waals surface area contributed by atoms with E-state index in [1.54, 1.807) is 103 Å². The number of pyridine rings is 3. The summed E-state index contributed by atoms with van der Waals surface area (Å²) in [5.41, 5.74) is 22.1. The summed E-state index contributed by atoms with van der Waals surface area (Å²) < 4.78 is 4.07. The summed E-state index contributed by atoms with van der Waals surface area (Å²) in [4.78, 5) is 129. The Morgan fingerprint density at radius 2 is 0.710 bits per heavy atom. The molecule has 0 spiro atoms. The fourth-order valence-corrected chi connectivity index (χ4v) is 9.44. The third-order valence-corrected chi connectivity index (χ3v) is 16.2. The number of nitrogens with zero attached hydrogens (tertiary/aromatic N) is 9. The monoisotopic (exact) mass is 1540 g/mol. The molecule has 29 heteroatoms. The highest BCUT2D eigenvalue weighted by atomic mass is 79.9. The number of aliphatic hydroxyl groups is 4. The first-order valence-corrected chi connectivity index (χ1v) is 34.0. The van der Waals surface area contributed by atoms with Crippen LogP contribution < -0.4 is 5.73 Å². The molecular weight excluding hydrogens is 1440 g/mol. The van der Waals surface area contributed by atoms with Crippen molar-refractivity contribution in [3.8, 4) is 22.5 Å². The standard InChI is InChI=1S/2C19H21N3O.C13H16BrNO2.C13H17NO2.C6H8N2.2C4H6O6/c2*1-13-5-8-15(9-6-13)19-16(11-18(23)21(3)4)22-12-14(2)7-10-17(22)20-19;1-9-4-6-10(7-5-9)13(17)11(14)8-12(16)15(2)3;1-10-4-6-11(7-5-10)12(15)8-9-13(16)14(2)3;1-5-2-3-6(7)8-4-5;2*5-1(3(7)8)2(6)4(9)10/h2*5-10,12H,11H2,1-4H3;4-7,11H,8H2,1-3H3;4-7H,8-9H2,1-3H3;2-4H,1H3,(H2,7,8);2*1-2,5-6H,(H,7,8)(H,9,10). The van der Waals surface area contributed by atoms with E-state index in [0.29, 0.717) is 29.8 Å². The number of nitrogens with two attached hydrogens (primary N) is 1. The molecule has 0 saturated heterocycles. The number of rotatable bonds is 20. The zero-order valence-electron chi connectivity index (χ0n) is 62.5. The minimum atomic E-state index is -2.27. The highest BCUT2D eigenvalue weighted by Gasteiger charge is 2.31. The van der Waals surface area contributed by atoms with Gasteiger partial charge in [-0.2, -0.15) is 0 Å². The van der Waals surface area contributed by atoms with Crippen LogP contribution in [-0.4, -0.2) is 229 Å². The molecule has 572 valence electrons. The van der Waals surface area contributed by atoms with Gasteiger partial charge in [-0.05, 0) is 83.4 Å². The van der Waals surface area contributed by atoms with Gasteiger partial charge >= 0.3 is 23.9 Å². The van der Waals surface area contributed by atoms with Crippen molar-refractivity contribution in [2.24, 2.45) is 0 Å². The molecule has 28 nitrogen and oxygen atoms in total. The Bertz CT molecular complexity index is 4240. The molecule has 0 radical (unpaired) electrons. The van der Waals surface area contributed by atoms with Gasteiger partial charge in [-0.15, -0.1) is 0 Å². The van der Waals surface area contributed by atoms with Gasteiger partial charge in [-0.25, -0.2) is 34.1 Å². The van der Waals surface area contributed by atoms with Crippen LogP contribution in [-0.2, 0) is 51.2 Å². The Kier molecular flexibility index (Phi) is 36.2. The van der Waals surface area contributed by atoms with Crippen LogP contribution in [0.2, 0.25) is 0 Å². The van der Waals surface area contributed by atoms with E-state index in [4.69, 9.17) is 56.6 Å². The number of fused-ring (bicyclic) bond motifs is 2. The van der Waals surface area contributed by atoms with Crippen molar-refractivity contribution < 1.29 is 88.8 Å². The number of hydrogen-bond donors (Lipinski definition) is 9. The fraction of sp³-hybridized carbons (Fsp3) is 0.321. The second kappa shape index (κ2) is 43.2. The molecule has 0 bridgehead atoms. The Balaban J connectivity index is 0.000000334. The van der Waals surface area contributed by atoms with Crippen LogP contribution in [0.4, 0.5) is 5.82 Å². The molecule has 0 aliphatic carbocycles. The van der Waals surface area contributed by atoms with E-state index in [2.05, 4.69) is 83.3 Å². The minimum Gasteiger partial charge on any atom is -0.479 e. The Labute approximate surface area is 629 Å². The van der Waals surface area contributed by atoms with Crippen molar-refractivity contribution in [3.63, 3.8) is 0 Å². The topological polar surface area (TPSA) is 419 Å². The number of benzene rings is 4. The highest BCUT2D eigenvalue weighted by molar-refractivity contribution is 9.10. The molecule has 5 atom stereocenters. The lowest BCUT2D eigenvalue weighted by molar-refractivity contribution is -0.165. The van der Waals surface area contributed by atoms with Crippen molar-refractivity contribution in [1.82, 2.24) is 43.4 Å². The zero-order chi connectivity index (χ0) is 80.9. The summed E-state index contributed by atoms with van der Waals surface area (Å²) in [6.45, 7) is 14.1. The first kappa shape index (κ1) is 89.8. The van der Waals surface area contributed by atoms with E-state index in [-0.39, 0.29) is 54.5 Å². The Morgan fingerprint density at radius 3 is 1.01 bits per heavy atom. The maximum absolute atomic E-state index is 12.3. The van der Waals surface area contributed by atoms with Crippen molar-refractivity contribution in [1.29, 1.82) is 0 Å². The van der Waals surface area contributed by atoms with Gasteiger partial charge in [0.05, 0.1) is 40.4 Å². The number of alkyl halides is 1. The maximum atomic E-state index is 12.3. The number of likely N-dealkylation sites (N-methyl/N-ethyl adjacent to an activating group) is 2. The summed E-state index contributed by atoms with van der Waals surface area (Å²) in [6, 6.07) is 43.1. The van der Waals surface area contributed by atoms with Gasteiger partial charge in [0.25, 0.3) is 0 Å². The smallest absolute Gasteiger partial charge is 0.335 e. The number of carbonyl (C=O) groups is 10. The van der Waals surface area contributed by atoms with Gasteiger partial charge in [0.15, 0.2) is 36.0 Å². The SMILES string of the molecule is Cc1ccc(-c2nc3ccc(C)cn3c2CC(=O)N(C)C)cc1.Cc1ccc(-c2nc3ccc(C)cn3c2CC(=O)N(C)C)cc1.Cc1ccc(C(=O)C(Br)CC(=O)N(C)C)cc1.Cc1ccc(C(=O)CCC(=O)N(C)C)cc1.Cc1ccc(N)nc1.O=C(O)C(O)C(O)C(=O)O.O=C(O)C(O)C(O)C(=O)O. The van der Waals surface area contributed by atoms with Crippen LogP contribution in [0, 0.1) is 48.5 Å². The lowest BCUT2D eigenvalue weighted by atomic mass is 10.0. The number of carboxylic acids is 4. The second-order valence-electron chi connectivity index (χ2n) is 25.5. The van der Waals surface area contributed by atoms with Gasteiger partial charge < -0.3 is 75.0 Å². The first-order chi connectivity index (χ1) is 50.0. The number of halogens is 1. The number of carboxylic acid groups (broad SMARTS) is 4. The predicted molar refractivity (Wildman–Crippen MR) is 408 cm³/mol. The van der Waals surface area contributed by atoms with Gasteiger partial charge in [0, 0.05) is 116 Å². The number of nitrogen functional groups attached to an aromatic ring is 1. The van der Waals surface area contributed by atoms with Crippen molar-refractivity contribution in [3.05, 3.63) is 214 Å². The molecule has 0 fully saturated rings. The summed E-state index contributed by atoms with van der Waals surface area (Å²) >= 11 is 3.27.